The summed E-state index contributed by atoms with van der Waals surface area (Å²) in [6, 6.07) is 9.94. The second-order valence-electron chi connectivity index (χ2n) is 4.26. The van der Waals surface area contributed by atoms with E-state index in [0.29, 0.717) is 24.0 Å². The lowest BCUT2D eigenvalue weighted by Gasteiger charge is -2.09. The Morgan fingerprint density at radius 3 is 2.68 bits per heavy atom. The third kappa shape index (κ3) is 3.39. The monoisotopic (exact) mass is 276 g/mol. The van der Waals surface area contributed by atoms with E-state index in [1.54, 1.807) is 6.92 Å². The van der Waals surface area contributed by atoms with Crippen LogP contribution in [0.3, 0.4) is 0 Å². The van der Waals surface area contributed by atoms with Gasteiger partial charge in [-0.25, -0.2) is 4.98 Å². The summed E-state index contributed by atoms with van der Waals surface area (Å²) in [7, 11) is 0. The summed E-state index contributed by atoms with van der Waals surface area (Å²) in [6.45, 7) is 4.18. The maximum atomic E-state index is 5.72. The fourth-order valence-electron chi connectivity index (χ4n) is 1.69. The van der Waals surface area contributed by atoms with Gasteiger partial charge >= 0.3 is 0 Å². The van der Waals surface area contributed by atoms with Crippen molar-refractivity contribution in [2.24, 2.45) is 5.73 Å². The first kappa shape index (κ1) is 13.7. The summed E-state index contributed by atoms with van der Waals surface area (Å²) in [5, 5.41) is 0. The Kier molecular flexibility index (Phi) is 4.29. The van der Waals surface area contributed by atoms with Crippen molar-refractivity contribution < 1.29 is 9.15 Å². The van der Waals surface area contributed by atoms with Crippen LogP contribution in [0, 0.1) is 6.92 Å². The number of nitrogens with two attached hydrogens (primary N) is 1. The molecule has 2 aromatic rings. The van der Waals surface area contributed by atoms with Gasteiger partial charge in [0.05, 0.1) is 6.61 Å². The predicted octanol–water partition coefficient (Wildman–Crippen LogP) is 2.90. The van der Waals surface area contributed by atoms with Crippen LogP contribution in [0.5, 0.6) is 0 Å². The molecule has 100 valence electrons. The molecule has 1 unspecified atom stereocenters. The standard InChI is InChI=1S/C14H16N2O2S/c1-9-12(13(15)19)16-14(18-9)10(2)17-8-11-6-4-3-5-7-11/h3-7,10H,8H2,1-2H3,(H2,15,19). The molecule has 2 N–H and O–H groups in total. The zero-order chi connectivity index (χ0) is 13.8. The summed E-state index contributed by atoms with van der Waals surface area (Å²) < 4.78 is 11.2. The average molecular weight is 276 g/mol. The Morgan fingerprint density at radius 1 is 1.42 bits per heavy atom. The van der Waals surface area contributed by atoms with Crippen LogP contribution in [0.15, 0.2) is 34.7 Å². The van der Waals surface area contributed by atoms with Crippen molar-refractivity contribution in [2.45, 2.75) is 26.6 Å². The third-order valence-electron chi connectivity index (χ3n) is 2.74. The molecule has 0 bridgehead atoms. The smallest absolute Gasteiger partial charge is 0.223 e. The average Bonchev–Trinajstić information content (AvgIpc) is 2.79. The van der Waals surface area contributed by atoms with Crippen LogP contribution in [0.2, 0.25) is 0 Å². The van der Waals surface area contributed by atoms with E-state index in [9.17, 15) is 0 Å². The molecule has 0 aliphatic heterocycles. The number of hydrogen-bond donors (Lipinski definition) is 1. The van der Waals surface area contributed by atoms with Crippen molar-refractivity contribution in [3.63, 3.8) is 0 Å². The highest BCUT2D eigenvalue weighted by Crippen LogP contribution is 2.20. The van der Waals surface area contributed by atoms with Crippen molar-refractivity contribution in [1.29, 1.82) is 0 Å². The van der Waals surface area contributed by atoms with E-state index >= 15 is 0 Å². The van der Waals surface area contributed by atoms with E-state index < -0.39 is 0 Å². The Balaban J connectivity index is 2.02. The number of hydrogen-bond acceptors (Lipinski definition) is 4. The highest BCUT2D eigenvalue weighted by atomic mass is 32.1. The van der Waals surface area contributed by atoms with Gasteiger partial charge in [-0.2, -0.15) is 0 Å². The molecular formula is C14H16N2O2S. The molecule has 19 heavy (non-hydrogen) atoms. The first-order valence-corrected chi connectivity index (χ1v) is 6.41. The SMILES string of the molecule is Cc1oc(C(C)OCc2ccccc2)nc1C(N)=S. The van der Waals surface area contributed by atoms with Gasteiger partial charge in [0.2, 0.25) is 5.89 Å². The van der Waals surface area contributed by atoms with Crippen molar-refractivity contribution in [2.75, 3.05) is 0 Å². The first-order chi connectivity index (χ1) is 9.08. The fraction of sp³-hybridized carbons (Fsp3) is 0.286. The number of aryl methyl sites for hydroxylation is 1. The fourth-order valence-corrected chi connectivity index (χ4v) is 1.88. The van der Waals surface area contributed by atoms with Crippen LogP contribution in [-0.2, 0) is 11.3 Å². The molecule has 5 heteroatoms. The molecule has 1 atom stereocenters. The van der Waals surface area contributed by atoms with E-state index in [1.165, 1.54) is 0 Å². The van der Waals surface area contributed by atoms with Gasteiger partial charge < -0.3 is 14.9 Å². The summed E-state index contributed by atoms with van der Waals surface area (Å²) in [4.78, 5) is 4.50. The molecule has 0 fully saturated rings. The number of benzene rings is 1. The normalized spacial score (nSPS) is 12.3. The molecule has 0 radical (unpaired) electrons. The topological polar surface area (TPSA) is 61.3 Å². The summed E-state index contributed by atoms with van der Waals surface area (Å²) in [5.41, 5.74) is 7.19. The number of thiocarbonyl (C=S) groups is 1. The zero-order valence-corrected chi connectivity index (χ0v) is 11.7. The highest BCUT2D eigenvalue weighted by Gasteiger charge is 2.17. The lowest BCUT2D eigenvalue weighted by Crippen LogP contribution is -2.11. The van der Waals surface area contributed by atoms with Gasteiger partial charge in [0, 0.05) is 0 Å². The van der Waals surface area contributed by atoms with Crippen LogP contribution in [0.4, 0.5) is 0 Å². The predicted molar refractivity (Wildman–Crippen MR) is 76.8 cm³/mol. The summed E-state index contributed by atoms with van der Waals surface area (Å²) in [5.74, 6) is 1.12. The van der Waals surface area contributed by atoms with Crippen LogP contribution in [0.25, 0.3) is 0 Å². The molecule has 1 aromatic carbocycles. The maximum absolute atomic E-state index is 5.72. The molecule has 0 amide bonds. The van der Waals surface area contributed by atoms with Crippen molar-refractivity contribution >= 4 is 17.2 Å². The first-order valence-electron chi connectivity index (χ1n) is 6.00. The Hall–Kier alpha value is -1.72. The van der Waals surface area contributed by atoms with Gasteiger partial charge in [-0.05, 0) is 19.4 Å². The number of nitrogens with zero attached hydrogens (tertiary/aromatic N) is 1. The summed E-state index contributed by atoms with van der Waals surface area (Å²) in [6.07, 6.45) is -0.248. The van der Waals surface area contributed by atoms with Gasteiger partial charge in [0.15, 0.2) is 0 Å². The molecule has 0 aliphatic rings. The quantitative estimate of drug-likeness (QED) is 0.851. The maximum Gasteiger partial charge on any atom is 0.223 e. The minimum Gasteiger partial charge on any atom is -0.442 e. The molecule has 1 aromatic heterocycles. The van der Waals surface area contributed by atoms with E-state index in [4.69, 9.17) is 27.1 Å². The van der Waals surface area contributed by atoms with Gasteiger partial charge in [0.25, 0.3) is 0 Å². The van der Waals surface area contributed by atoms with Crippen LogP contribution < -0.4 is 5.73 Å². The lowest BCUT2D eigenvalue weighted by atomic mass is 10.2. The van der Waals surface area contributed by atoms with Crippen molar-refractivity contribution in [1.82, 2.24) is 4.98 Å². The molecular weight excluding hydrogens is 260 g/mol. The van der Waals surface area contributed by atoms with Gasteiger partial charge in [0.1, 0.15) is 22.5 Å². The molecule has 1 heterocycles. The van der Waals surface area contributed by atoms with E-state index in [1.807, 2.05) is 37.3 Å². The Bertz CT molecular complexity index is 566. The van der Waals surface area contributed by atoms with Crippen molar-refractivity contribution in [3.8, 4) is 0 Å². The van der Waals surface area contributed by atoms with Crippen LogP contribution in [-0.4, -0.2) is 9.97 Å². The molecule has 0 spiro atoms. The van der Waals surface area contributed by atoms with E-state index in [2.05, 4.69) is 4.98 Å². The van der Waals surface area contributed by atoms with E-state index in [-0.39, 0.29) is 11.1 Å². The Labute approximate surface area is 117 Å². The number of aromatic nitrogens is 1. The van der Waals surface area contributed by atoms with Crippen LogP contribution in [0.1, 0.15) is 35.9 Å². The lowest BCUT2D eigenvalue weighted by molar-refractivity contribution is 0.0341. The molecule has 4 nitrogen and oxygen atoms in total. The minimum atomic E-state index is -0.248. The number of rotatable bonds is 5. The van der Waals surface area contributed by atoms with Crippen molar-refractivity contribution in [3.05, 3.63) is 53.2 Å². The molecule has 0 saturated heterocycles. The zero-order valence-electron chi connectivity index (χ0n) is 10.9. The number of ether oxygens (including phenoxy) is 1. The van der Waals surface area contributed by atoms with Gasteiger partial charge in [-0.15, -0.1) is 0 Å². The second kappa shape index (κ2) is 5.95. The van der Waals surface area contributed by atoms with Gasteiger partial charge in [-0.3, -0.25) is 0 Å². The molecule has 2 rings (SSSR count). The number of oxazole rings is 1. The largest absolute Gasteiger partial charge is 0.442 e. The molecule has 0 aliphatic carbocycles. The van der Waals surface area contributed by atoms with Gasteiger partial charge in [-0.1, -0.05) is 42.5 Å². The van der Waals surface area contributed by atoms with Crippen LogP contribution >= 0.6 is 12.2 Å². The second-order valence-corrected chi connectivity index (χ2v) is 4.70. The summed E-state index contributed by atoms with van der Waals surface area (Å²) >= 11 is 4.91. The minimum absolute atomic E-state index is 0.239. The third-order valence-corrected chi connectivity index (χ3v) is 2.93. The van der Waals surface area contributed by atoms with E-state index in [0.717, 1.165) is 5.56 Å². The Morgan fingerprint density at radius 2 is 2.11 bits per heavy atom. The molecule has 0 saturated carbocycles. The highest BCUT2D eigenvalue weighted by molar-refractivity contribution is 7.80.